The summed E-state index contributed by atoms with van der Waals surface area (Å²) in [6.45, 7) is 6.55. The van der Waals surface area contributed by atoms with E-state index in [9.17, 15) is 9.59 Å². The second-order valence-corrected chi connectivity index (χ2v) is 10.9. The predicted octanol–water partition coefficient (Wildman–Crippen LogP) is 7.16. The third kappa shape index (κ3) is 6.48. The number of hydrogen-bond acceptors (Lipinski definition) is 4. The highest BCUT2D eigenvalue weighted by atomic mass is 16.1. The second kappa shape index (κ2) is 11.7. The van der Waals surface area contributed by atoms with Crippen LogP contribution in [0.3, 0.4) is 0 Å². The maximum Gasteiger partial charge on any atom is 0.183 e. The monoisotopic (exact) mass is 519 g/mol. The summed E-state index contributed by atoms with van der Waals surface area (Å²) in [5.41, 5.74) is 7.71. The fourth-order valence-corrected chi connectivity index (χ4v) is 5.28. The zero-order valence-corrected chi connectivity index (χ0v) is 23.1. The van der Waals surface area contributed by atoms with Gasteiger partial charge >= 0.3 is 0 Å². The van der Waals surface area contributed by atoms with E-state index in [1.54, 1.807) is 0 Å². The molecule has 39 heavy (non-hydrogen) atoms. The molecule has 1 aromatic heterocycles. The highest BCUT2D eigenvalue weighted by Gasteiger charge is 2.17. The van der Waals surface area contributed by atoms with Crippen molar-refractivity contribution in [2.45, 2.75) is 39.5 Å². The van der Waals surface area contributed by atoms with Gasteiger partial charge in [0.1, 0.15) is 0 Å². The van der Waals surface area contributed by atoms with Crippen molar-refractivity contribution in [3.8, 4) is 0 Å². The van der Waals surface area contributed by atoms with E-state index in [1.165, 1.54) is 18.5 Å². The number of anilines is 3. The first-order chi connectivity index (χ1) is 18.9. The Balaban J connectivity index is 1.17. The van der Waals surface area contributed by atoms with Crippen LogP contribution in [0, 0.1) is 12.8 Å². The standard InChI is InChI=1S/C34H37N3O2/c1-24-16-19-37(20-17-24)30-13-9-28(10-14-30)33(38)23-27-8-15-31(25(2)21-27)35-29-11-6-26(7-12-29)22-34(39)32-5-4-18-36(32)3/h4-15,18,21,24,35H,16-17,19-20,22-23H2,1-3H3. The first kappa shape index (κ1) is 26.5. The Hall–Kier alpha value is -4.12. The number of nitrogens with zero attached hydrogens (tertiary/aromatic N) is 2. The van der Waals surface area contributed by atoms with Crippen LogP contribution in [0.5, 0.6) is 0 Å². The molecule has 3 aromatic carbocycles. The average molecular weight is 520 g/mol. The van der Waals surface area contributed by atoms with Gasteiger partial charge in [0.2, 0.25) is 0 Å². The first-order valence-corrected chi connectivity index (χ1v) is 13.8. The van der Waals surface area contributed by atoms with E-state index in [0.717, 1.165) is 58.3 Å². The van der Waals surface area contributed by atoms with Crippen LogP contribution < -0.4 is 10.2 Å². The first-order valence-electron chi connectivity index (χ1n) is 13.8. The summed E-state index contributed by atoms with van der Waals surface area (Å²) in [4.78, 5) is 27.9. The van der Waals surface area contributed by atoms with Crippen molar-refractivity contribution in [1.29, 1.82) is 0 Å². The van der Waals surface area contributed by atoms with Gasteiger partial charge in [-0.3, -0.25) is 9.59 Å². The van der Waals surface area contributed by atoms with Crippen molar-refractivity contribution in [2.24, 2.45) is 13.0 Å². The largest absolute Gasteiger partial charge is 0.372 e. The molecule has 1 fully saturated rings. The van der Waals surface area contributed by atoms with E-state index in [0.29, 0.717) is 12.8 Å². The fraction of sp³-hybridized carbons (Fsp3) is 0.294. The lowest BCUT2D eigenvalue weighted by Crippen LogP contribution is -2.32. The molecule has 5 nitrogen and oxygen atoms in total. The zero-order chi connectivity index (χ0) is 27.4. The zero-order valence-electron chi connectivity index (χ0n) is 23.1. The molecule has 1 N–H and O–H groups in total. The number of benzene rings is 3. The van der Waals surface area contributed by atoms with Crippen molar-refractivity contribution in [2.75, 3.05) is 23.3 Å². The van der Waals surface area contributed by atoms with E-state index < -0.39 is 0 Å². The Labute approximate surface area is 231 Å². The van der Waals surface area contributed by atoms with E-state index in [4.69, 9.17) is 0 Å². The van der Waals surface area contributed by atoms with E-state index >= 15 is 0 Å². The Morgan fingerprint density at radius 1 is 0.846 bits per heavy atom. The van der Waals surface area contributed by atoms with Gasteiger partial charge in [-0.25, -0.2) is 0 Å². The summed E-state index contributed by atoms with van der Waals surface area (Å²) in [5.74, 6) is 1.04. The van der Waals surface area contributed by atoms with E-state index in [1.807, 2.05) is 78.5 Å². The van der Waals surface area contributed by atoms with Crippen LogP contribution in [-0.2, 0) is 19.9 Å². The molecule has 4 aromatic rings. The van der Waals surface area contributed by atoms with Gasteiger partial charge < -0.3 is 14.8 Å². The van der Waals surface area contributed by atoms with Crippen LogP contribution in [0.15, 0.2) is 85.1 Å². The number of aryl methyl sites for hydroxylation is 2. The maximum atomic E-state index is 13.0. The molecule has 5 heteroatoms. The third-order valence-electron chi connectivity index (χ3n) is 7.82. The van der Waals surface area contributed by atoms with Gasteiger partial charge in [0.25, 0.3) is 0 Å². The SMILES string of the molecule is Cc1cc(CC(=O)c2ccc(N3CCC(C)CC3)cc2)ccc1Nc1ccc(CC(=O)c2cccn2C)cc1. The molecule has 1 aliphatic heterocycles. The van der Waals surface area contributed by atoms with Gasteiger partial charge in [-0.1, -0.05) is 31.2 Å². The highest BCUT2D eigenvalue weighted by Crippen LogP contribution is 2.25. The van der Waals surface area contributed by atoms with Crippen molar-refractivity contribution in [3.63, 3.8) is 0 Å². The van der Waals surface area contributed by atoms with Crippen molar-refractivity contribution in [1.82, 2.24) is 4.57 Å². The second-order valence-electron chi connectivity index (χ2n) is 10.9. The minimum atomic E-state index is 0.108. The normalized spacial score (nSPS) is 13.9. The summed E-state index contributed by atoms with van der Waals surface area (Å²) in [6, 6.07) is 26.0. The Morgan fingerprint density at radius 2 is 1.51 bits per heavy atom. The molecule has 0 saturated carbocycles. The fourth-order valence-electron chi connectivity index (χ4n) is 5.28. The minimum absolute atomic E-state index is 0.108. The number of ketones is 2. The van der Waals surface area contributed by atoms with Crippen LogP contribution in [0.2, 0.25) is 0 Å². The summed E-state index contributed by atoms with van der Waals surface area (Å²) < 4.78 is 1.85. The molecule has 0 bridgehead atoms. The lowest BCUT2D eigenvalue weighted by molar-refractivity contribution is 0.0980. The molecular formula is C34H37N3O2. The summed E-state index contributed by atoms with van der Waals surface area (Å²) in [6.07, 6.45) is 5.10. The minimum Gasteiger partial charge on any atom is -0.372 e. The van der Waals surface area contributed by atoms with Crippen LogP contribution in [0.25, 0.3) is 0 Å². The quantitative estimate of drug-likeness (QED) is 0.238. The maximum absolute atomic E-state index is 13.0. The molecular weight excluding hydrogens is 482 g/mol. The van der Waals surface area contributed by atoms with Crippen LogP contribution in [0.1, 0.15) is 57.3 Å². The Morgan fingerprint density at radius 3 is 2.15 bits per heavy atom. The van der Waals surface area contributed by atoms with E-state index in [-0.39, 0.29) is 11.6 Å². The van der Waals surface area contributed by atoms with Crippen LogP contribution in [-0.4, -0.2) is 29.2 Å². The smallest absolute Gasteiger partial charge is 0.183 e. The summed E-state index contributed by atoms with van der Waals surface area (Å²) >= 11 is 0. The predicted molar refractivity (Wildman–Crippen MR) is 159 cm³/mol. The van der Waals surface area contributed by atoms with E-state index in [2.05, 4.69) is 42.3 Å². The number of rotatable bonds is 9. The van der Waals surface area contributed by atoms with Crippen molar-refractivity contribution in [3.05, 3.63) is 113 Å². The molecule has 0 amide bonds. The van der Waals surface area contributed by atoms with Crippen molar-refractivity contribution < 1.29 is 9.59 Å². The molecule has 0 spiro atoms. The van der Waals surface area contributed by atoms with Gasteiger partial charge in [-0.2, -0.15) is 0 Å². The lowest BCUT2D eigenvalue weighted by atomic mass is 9.98. The topological polar surface area (TPSA) is 54.3 Å². The van der Waals surface area contributed by atoms with Crippen LogP contribution in [0.4, 0.5) is 17.1 Å². The lowest BCUT2D eigenvalue weighted by Gasteiger charge is -2.32. The molecule has 1 aliphatic rings. The Kier molecular flexibility index (Phi) is 7.97. The summed E-state index contributed by atoms with van der Waals surface area (Å²) in [5, 5.41) is 3.46. The van der Waals surface area contributed by atoms with Crippen molar-refractivity contribution >= 4 is 28.6 Å². The molecule has 0 atom stereocenters. The molecule has 0 aliphatic carbocycles. The molecule has 5 rings (SSSR count). The average Bonchev–Trinajstić information content (AvgIpc) is 3.38. The molecule has 0 radical (unpaired) electrons. The number of aromatic nitrogens is 1. The number of nitrogens with one attached hydrogen (secondary N) is 1. The number of piperidine rings is 1. The van der Waals surface area contributed by atoms with Gasteiger partial charge in [0.05, 0.1) is 5.69 Å². The molecule has 2 heterocycles. The van der Waals surface area contributed by atoms with Gasteiger partial charge in [0.15, 0.2) is 11.6 Å². The Bertz CT molecular complexity index is 1440. The third-order valence-corrected chi connectivity index (χ3v) is 7.82. The molecule has 1 saturated heterocycles. The van der Waals surface area contributed by atoms with Gasteiger partial charge in [0, 0.05) is 61.8 Å². The number of carbonyl (C=O) groups excluding carboxylic acids is 2. The highest BCUT2D eigenvalue weighted by molar-refractivity contribution is 5.98. The van der Waals surface area contributed by atoms with Crippen LogP contribution >= 0.6 is 0 Å². The number of hydrogen-bond donors (Lipinski definition) is 1. The molecule has 0 unspecified atom stereocenters. The number of carbonyl (C=O) groups is 2. The van der Waals surface area contributed by atoms with Gasteiger partial charge in [-0.05, 0) is 97.0 Å². The number of Topliss-reactive ketones (excluding diaryl/α,β-unsaturated/α-hetero) is 2. The summed E-state index contributed by atoms with van der Waals surface area (Å²) in [7, 11) is 1.89. The van der Waals surface area contributed by atoms with Gasteiger partial charge in [-0.15, -0.1) is 0 Å². The molecule has 200 valence electrons.